The topological polar surface area (TPSA) is 51.0 Å². The van der Waals surface area contributed by atoms with E-state index in [1.807, 2.05) is 34.0 Å². The Hall–Kier alpha value is -2.63. The Bertz CT molecular complexity index is 740. The Morgan fingerprint density at radius 3 is 2.52 bits per heavy atom. The molecular weight excluding hydrogens is 340 g/mol. The Morgan fingerprint density at radius 1 is 1.15 bits per heavy atom. The van der Waals surface area contributed by atoms with Crippen molar-refractivity contribution in [1.29, 1.82) is 0 Å². The lowest BCUT2D eigenvalue weighted by molar-refractivity contribution is 0.287. The molecule has 1 aromatic carbocycles. The highest BCUT2D eigenvalue weighted by Crippen LogP contribution is 2.28. The molecule has 0 aliphatic rings. The summed E-state index contributed by atoms with van der Waals surface area (Å²) in [6, 6.07) is 10.3. The molecule has 0 saturated heterocycles. The number of ether oxygens (including phenoxy) is 2. The van der Waals surface area contributed by atoms with Crippen molar-refractivity contribution in [2.24, 2.45) is 12.0 Å². The average molecular weight is 373 g/mol. The summed E-state index contributed by atoms with van der Waals surface area (Å²) in [6.45, 7) is 6.81. The standard InChI is InChI=1S/C21H32N4O2/c1-6-26-19-11-10-17(15-20(19)27-7-2)12-13-23-21(22-3)25(5)16-18-9-8-14-24(18)4/h8-11,14-15H,6-7,12-13,16H2,1-5H3,(H,22,23). The Morgan fingerprint density at radius 2 is 1.89 bits per heavy atom. The van der Waals surface area contributed by atoms with Crippen molar-refractivity contribution in [2.75, 3.05) is 33.9 Å². The summed E-state index contributed by atoms with van der Waals surface area (Å²) in [7, 11) is 5.92. The van der Waals surface area contributed by atoms with Gasteiger partial charge in [0, 0.05) is 39.6 Å². The van der Waals surface area contributed by atoms with Crippen LogP contribution in [0.4, 0.5) is 0 Å². The Kier molecular flexibility index (Phi) is 8.04. The third-order valence-electron chi connectivity index (χ3n) is 4.33. The van der Waals surface area contributed by atoms with Crippen LogP contribution < -0.4 is 14.8 Å². The van der Waals surface area contributed by atoms with E-state index in [9.17, 15) is 0 Å². The van der Waals surface area contributed by atoms with Gasteiger partial charge in [0.2, 0.25) is 0 Å². The van der Waals surface area contributed by atoms with Gasteiger partial charge in [-0.05, 0) is 50.1 Å². The van der Waals surface area contributed by atoms with E-state index in [0.717, 1.165) is 37.0 Å². The van der Waals surface area contributed by atoms with Crippen molar-refractivity contribution in [1.82, 2.24) is 14.8 Å². The van der Waals surface area contributed by atoms with Gasteiger partial charge in [-0.1, -0.05) is 6.07 Å². The third-order valence-corrected chi connectivity index (χ3v) is 4.33. The van der Waals surface area contributed by atoms with Crippen LogP contribution in [0.1, 0.15) is 25.1 Å². The lowest BCUT2D eigenvalue weighted by atomic mass is 10.1. The Labute approximate surface area is 162 Å². The lowest BCUT2D eigenvalue weighted by Gasteiger charge is -2.22. The fourth-order valence-corrected chi connectivity index (χ4v) is 2.93. The normalized spacial score (nSPS) is 11.4. The third kappa shape index (κ3) is 5.94. The van der Waals surface area contributed by atoms with Gasteiger partial charge in [-0.3, -0.25) is 4.99 Å². The van der Waals surface area contributed by atoms with E-state index in [1.54, 1.807) is 0 Å². The zero-order chi connectivity index (χ0) is 19.6. The second-order valence-electron chi connectivity index (χ2n) is 6.34. The molecule has 0 fully saturated rings. The largest absolute Gasteiger partial charge is 0.490 e. The molecule has 0 aliphatic carbocycles. The summed E-state index contributed by atoms with van der Waals surface area (Å²) in [6.07, 6.45) is 2.94. The minimum atomic E-state index is 0.623. The van der Waals surface area contributed by atoms with Gasteiger partial charge in [0.1, 0.15) is 0 Å². The number of aromatic nitrogens is 1. The summed E-state index contributed by atoms with van der Waals surface area (Å²) >= 11 is 0. The first-order valence-electron chi connectivity index (χ1n) is 9.49. The van der Waals surface area contributed by atoms with Crippen LogP contribution in [0.5, 0.6) is 11.5 Å². The first-order chi connectivity index (χ1) is 13.1. The zero-order valence-electron chi connectivity index (χ0n) is 17.2. The van der Waals surface area contributed by atoms with Crippen molar-refractivity contribution in [3.8, 4) is 11.5 Å². The molecule has 6 heteroatoms. The molecule has 0 unspecified atom stereocenters. The minimum absolute atomic E-state index is 0.623. The molecule has 27 heavy (non-hydrogen) atoms. The van der Waals surface area contributed by atoms with E-state index in [4.69, 9.17) is 9.47 Å². The van der Waals surface area contributed by atoms with Crippen molar-refractivity contribution in [2.45, 2.75) is 26.8 Å². The first kappa shape index (κ1) is 20.7. The summed E-state index contributed by atoms with van der Waals surface area (Å²) < 4.78 is 13.5. The molecule has 1 aromatic heterocycles. The van der Waals surface area contributed by atoms with E-state index >= 15 is 0 Å². The van der Waals surface area contributed by atoms with Crippen LogP contribution in [-0.4, -0.2) is 49.3 Å². The number of guanidine groups is 1. The average Bonchev–Trinajstić information content (AvgIpc) is 3.05. The fraction of sp³-hybridized carbons (Fsp3) is 0.476. The monoisotopic (exact) mass is 372 g/mol. The van der Waals surface area contributed by atoms with Crippen LogP contribution in [0.15, 0.2) is 41.5 Å². The highest BCUT2D eigenvalue weighted by Gasteiger charge is 2.09. The van der Waals surface area contributed by atoms with Gasteiger partial charge in [-0.25, -0.2) is 0 Å². The number of rotatable bonds is 9. The van der Waals surface area contributed by atoms with Gasteiger partial charge in [0.15, 0.2) is 17.5 Å². The molecule has 0 saturated carbocycles. The molecule has 2 rings (SSSR count). The summed E-state index contributed by atoms with van der Waals surface area (Å²) in [5, 5.41) is 3.44. The van der Waals surface area contributed by atoms with Gasteiger partial charge in [-0.15, -0.1) is 0 Å². The van der Waals surface area contributed by atoms with Gasteiger partial charge in [0.05, 0.1) is 19.8 Å². The van der Waals surface area contributed by atoms with Crippen molar-refractivity contribution >= 4 is 5.96 Å². The van der Waals surface area contributed by atoms with Crippen molar-refractivity contribution in [3.05, 3.63) is 47.8 Å². The summed E-state index contributed by atoms with van der Waals surface area (Å²) in [5.41, 5.74) is 2.45. The first-order valence-corrected chi connectivity index (χ1v) is 9.49. The van der Waals surface area contributed by atoms with Gasteiger partial charge < -0.3 is 24.3 Å². The summed E-state index contributed by atoms with van der Waals surface area (Å²) in [5.74, 6) is 2.49. The smallest absolute Gasteiger partial charge is 0.193 e. The number of hydrogen-bond donors (Lipinski definition) is 1. The van der Waals surface area contributed by atoms with Crippen LogP contribution >= 0.6 is 0 Å². The molecule has 1 heterocycles. The predicted molar refractivity (Wildman–Crippen MR) is 111 cm³/mol. The summed E-state index contributed by atoms with van der Waals surface area (Å²) in [4.78, 5) is 6.52. The van der Waals surface area contributed by atoms with E-state index in [-0.39, 0.29) is 0 Å². The SMILES string of the molecule is CCOc1ccc(CCNC(=NC)N(C)Cc2cccn2C)cc1OCC. The van der Waals surface area contributed by atoms with Gasteiger partial charge in [0.25, 0.3) is 0 Å². The van der Waals surface area contributed by atoms with Crippen LogP contribution in [0, 0.1) is 0 Å². The van der Waals surface area contributed by atoms with E-state index in [1.165, 1.54) is 11.3 Å². The number of hydrogen-bond acceptors (Lipinski definition) is 3. The second kappa shape index (κ2) is 10.5. The van der Waals surface area contributed by atoms with E-state index in [2.05, 4.69) is 57.3 Å². The second-order valence-corrected chi connectivity index (χ2v) is 6.34. The van der Waals surface area contributed by atoms with Gasteiger partial charge >= 0.3 is 0 Å². The highest BCUT2D eigenvalue weighted by molar-refractivity contribution is 5.79. The maximum absolute atomic E-state index is 5.71. The molecule has 1 N–H and O–H groups in total. The quantitative estimate of drug-likeness (QED) is 0.543. The van der Waals surface area contributed by atoms with E-state index < -0.39 is 0 Å². The molecule has 0 amide bonds. The number of benzene rings is 1. The molecule has 6 nitrogen and oxygen atoms in total. The van der Waals surface area contributed by atoms with Gasteiger partial charge in [-0.2, -0.15) is 0 Å². The van der Waals surface area contributed by atoms with Crippen LogP contribution in [-0.2, 0) is 20.0 Å². The van der Waals surface area contributed by atoms with Crippen LogP contribution in [0.3, 0.4) is 0 Å². The number of nitrogens with zero attached hydrogens (tertiary/aromatic N) is 3. The maximum atomic E-state index is 5.71. The number of aryl methyl sites for hydroxylation is 1. The highest BCUT2D eigenvalue weighted by atomic mass is 16.5. The number of aliphatic imine (C=N–C) groups is 1. The molecular formula is C21H32N4O2. The predicted octanol–water partition coefficient (Wildman–Crippen LogP) is 3.07. The molecule has 0 radical (unpaired) electrons. The minimum Gasteiger partial charge on any atom is -0.490 e. The molecule has 148 valence electrons. The van der Waals surface area contributed by atoms with Crippen molar-refractivity contribution < 1.29 is 9.47 Å². The Balaban J connectivity index is 1.91. The van der Waals surface area contributed by atoms with E-state index in [0.29, 0.717) is 13.2 Å². The fourth-order valence-electron chi connectivity index (χ4n) is 2.93. The van der Waals surface area contributed by atoms with Crippen molar-refractivity contribution in [3.63, 3.8) is 0 Å². The lowest BCUT2D eigenvalue weighted by Crippen LogP contribution is -2.39. The van der Waals surface area contributed by atoms with Crippen LogP contribution in [0.2, 0.25) is 0 Å². The number of nitrogens with one attached hydrogen (secondary N) is 1. The maximum Gasteiger partial charge on any atom is 0.193 e. The molecule has 0 aliphatic heterocycles. The molecule has 0 spiro atoms. The zero-order valence-corrected chi connectivity index (χ0v) is 17.2. The molecule has 0 atom stereocenters. The van der Waals surface area contributed by atoms with Crippen LogP contribution in [0.25, 0.3) is 0 Å². The molecule has 2 aromatic rings. The molecule has 0 bridgehead atoms.